The molecular formula is C62H46N2. The Balaban J connectivity index is 0.993. The Morgan fingerprint density at radius 2 is 0.891 bits per heavy atom. The molecule has 1 heterocycles. The smallest absolute Gasteiger partial charge is 0.0541 e. The van der Waals surface area contributed by atoms with Gasteiger partial charge in [0.25, 0.3) is 0 Å². The van der Waals surface area contributed by atoms with Crippen LogP contribution in [0, 0.1) is 0 Å². The molecule has 0 spiro atoms. The maximum atomic E-state index is 2.44. The molecule has 0 fully saturated rings. The molecule has 2 heteroatoms. The Bertz CT molecular complexity index is 3470. The summed E-state index contributed by atoms with van der Waals surface area (Å²) in [5.74, 6) is 0. The minimum atomic E-state index is 1.01. The molecule has 304 valence electrons. The number of hydrogen-bond donors (Lipinski definition) is 0. The van der Waals surface area contributed by atoms with E-state index in [1.165, 1.54) is 93.6 Å². The summed E-state index contributed by atoms with van der Waals surface area (Å²) in [4.78, 5) is 2.43. The molecule has 0 bridgehead atoms. The summed E-state index contributed by atoms with van der Waals surface area (Å²) in [6, 6.07) is 71.7. The fourth-order valence-corrected chi connectivity index (χ4v) is 10.2. The molecule has 9 aromatic carbocycles. The first kappa shape index (κ1) is 37.8. The van der Waals surface area contributed by atoms with Crippen LogP contribution < -0.4 is 4.90 Å². The predicted octanol–water partition coefficient (Wildman–Crippen LogP) is 17.2. The van der Waals surface area contributed by atoms with Crippen LogP contribution >= 0.6 is 0 Å². The number of hydrogen-bond acceptors (Lipinski definition) is 1. The summed E-state index contributed by atoms with van der Waals surface area (Å²) in [5.41, 5.74) is 17.0. The zero-order valence-corrected chi connectivity index (χ0v) is 35.7. The van der Waals surface area contributed by atoms with Crippen molar-refractivity contribution < 1.29 is 0 Å². The first-order valence-corrected chi connectivity index (χ1v) is 22.6. The van der Waals surface area contributed by atoms with Gasteiger partial charge < -0.3 is 9.47 Å². The highest BCUT2D eigenvalue weighted by molar-refractivity contribution is 6.21. The maximum Gasteiger partial charge on any atom is 0.0541 e. The quantitative estimate of drug-likeness (QED) is 0.139. The van der Waals surface area contributed by atoms with Crippen LogP contribution in [0.3, 0.4) is 0 Å². The lowest BCUT2D eigenvalue weighted by atomic mass is 9.86. The van der Waals surface area contributed by atoms with Crippen molar-refractivity contribution in [2.45, 2.75) is 25.7 Å². The lowest BCUT2D eigenvalue weighted by Crippen LogP contribution is -2.16. The van der Waals surface area contributed by atoms with E-state index in [0.29, 0.717) is 0 Å². The van der Waals surface area contributed by atoms with Gasteiger partial charge in [-0.25, -0.2) is 0 Å². The van der Waals surface area contributed by atoms with Gasteiger partial charge in [-0.1, -0.05) is 164 Å². The molecule has 0 radical (unpaired) electrons. The molecular weight excluding hydrogens is 773 g/mol. The van der Waals surface area contributed by atoms with Crippen LogP contribution in [0.5, 0.6) is 0 Å². The minimum absolute atomic E-state index is 1.01. The summed E-state index contributed by atoms with van der Waals surface area (Å²) in [7, 11) is 0. The monoisotopic (exact) mass is 818 g/mol. The number of rotatable bonds is 8. The Kier molecular flexibility index (Phi) is 9.49. The van der Waals surface area contributed by atoms with Gasteiger partial charge in [0.05, 0.1) is 11.0 Å². The van der Waals surface area contributed by atoms with Gasteiger partial charge >= 0.3 is 0 Å². The van der Waals surface area contributed by atoms with Crippen molar-refractivity contribution >= 4 is 60.3 Å². The summed E-state index contributed by atoms with van der Waals surface area (Å²) >= 11 is 0. The van der Waals surface area contributed by atoms with E-state index in [-0.39, 0.29) is 0 Å². The van der Waals surface area contributed by atoms with E-state index in [1.54, 1.807) is 0 Å². The van der Waals surface area contributed by atoms with E-state index in [4.69, 9.17) is 0 Å². The van der Waals surface area contributed by atoms with Crippen molar-refractivity contribution in [1.29, 1.82) is 0 Å². The van der Waals surface area contributed by atoms with Crippen LogP contribution in [0.15, 0.2) is 236 Å². The molecule has 0 N–H and O–H groups in total. The predicted molar refractivity (Wildman–Crippen MR) is 273 cm³/mol. The number of aromatic nitrogens is 1. The molecule has 2 aliphatic rings. The standard InChI is InChI=1S/C62H46N2/c1-5-18-43(19-6-1)46-32-38-59-57(41-46)58-42-47(44-20-7-2-8-21-44)33-39-60(58)64(59)51-36-34-50(35-37-51)63(49-25-11-4-12-26-49)52-27-17-24-48(40-52)62-55-30-15-13-28-53(55)61(45-22-9-3-10-23-45)54-29-14-16-31-56(54)62/h1,3,5-7,9-11,13-42H,2,4,8,12H2. The van der Waals surface area contributed by atoms with Crippen molar-refractivity contribution in [2.75, 3.05) is 4.90 Å². The van der Waals surface area contributed by atoms with Gasteiger partial charge in [-0.05, 0) is 158 Å². The number of fused-ring (bicyclic) bond motifs is 5. The average molecular weight is 819 g/mol. The van der Waals surface area contributed by atoms with Crippen molar-refractivity contribution in [3.8, 4) is 39.1 Å². The molecule has 0 amide bonds. The second-order valence-corrected chi connectivity index (χ2v) is 17.0. The van der Waals surface area contributed by atoms with E-state index in [0.717, 1.165) is 42.7 Å². The van der Waals surface area contributed by atoms with E-state index in [1.807, 2.05) is 0 Å². The van der Waals surface area contributed by atoms with E-state index in [2.05, 4.69) is 240 Å². The van der Waals surface area contributed by atoms with Crippen LogP contribution in [0.25, 0.3) is 88.0 Å². The molecule has 1 aromatic heterocycles. The van der Waals surface area contributed by atoms with Gasteiger partial charge in [0.2, 0.25) is 0 Å². The molecule has 64 heavy (non-hydrogen) atoms. The Morgan fingerprint density at radius 3 is 1.50 bits per heavy atom. The Morgan fingerprint density at radius 1 is 0.344 bits per heavy atom. The van der Waals surface area contributed by atoms with Gasteiger partial charge in [0, 0.05) is 33.5 Å². The van der Waals surface area contributed by atoms with E-state index in [9.17, 15) is 0 Å². The number of allylic oxidation sites excluding steroid dienone is 7. The average Bonchev–Trinajstić information content (AvgIpc) is 3.70. The summed E-state index contributed by atoms with van der Waals surface area (Å²) in [6.45, 7) is 0. The molecule has 10 aromatic rings. The maximum absolute atomic E-state index is 2.44. The normalized spacial score (nSPS) is 13.8. The first-order chi connectivity index (χ1) is 31.8. The minimum Gasteiger partial charge on any atom is -0.311 e. The number of benzene rings is 9. The highest BCUT2D eigenvalue weighted by Crippen LogP contribution is 2.45. The second kappa shape index (κ2) is 16.1. The van der Waals surface area contributed by atoms with Gasteiger partial charge in [0.15, 0.2) is 0 Å². The zero-order chi connectivity index (χ0) is 42.4. The third kappa shape index (κ3) is 6.58. The molecule has 0 atom stereocenters. The molecule has 0 saturated heterocycles. The largest absolute Gasteiger partial charge is 0.311 e. The van der Waals surface area contributed by atoms with Crippen LogP contribution in [-0.2, 0) is 0 Å². The first-order valence-electron chi connectivity index (χ1n) is 22.6. The fourth-order valence-electron chi connectivity index (χ4n) is 10.2. The molecule has 12 rings (SSSR count). The summed E-state index contributed by atoms with van der Waals surface area (Å²) < 4.78 is 2.44. The van der Waals surface area contributed by atoms with Crippen molar-refractivity contribution in [3.05, 3.63) is 242 Å². The molecule has 2 nitrogen and oxygen atoms in total. The Hall–Kier alpha value is -7.94. The number of anilines is 2. The van der Waals surface area contributed by atoms with E-state index < -0.39 is 0 Å². The van der Waals surface area contributed by atoms with Gasteiger partial charge in [-0.15, -0.1) is 0 Å². The van der Waals surface area contributed by atoms with Crippen LogP contribution in [-0.4, -0.2) is 4.57 Å². The zero-order valence-electron chi connectivity index (χ0n) is 35.7. The van der Waals surface area contributed by atoms with Crippen LogP contribution in [0.1, 0.15) is 31.2 Å². The Labute approximate surface area is 374 Å². The van der Waals surface area contributed by atoms with E-state index >= 15 is 0 Å². The summed E-state index contributed by atoms with van der Waals surface area (Å²) in [5, 5.41) is 7.56. The lowest BCUT2D eigenvalue weighted by molar-refractivity contribution is 0.997. The fraction of sp³-hybridized carbons (Fsp3) is 0.0645. The van der Waals surface area contributed by atoms with Crippen molar-refractivity contribution in [3.63, 3.8) is 0 Å². The molecule has 0 aliphatic heterocycles. The molecule has 0 unspecified atom stereocenters. The molecule has 2 aliphatic carbocycles. The van der Waals surface area contributed by atoms with Crippen molar-refractivity contribution in [1.82, 2.24) is 4.57 Å². The molecule has 0 saturated carbocycles. The second-order valence-electron chi connectivity index (χ2n) is 17.0. The number of nitrogens with zero attached hydrogens (tertiary/aromatic N) is 2. The van der Waals surface area contributed by atoms with Crippen molar-refractivity contribution in [2.24, 2.45) is 0 Å². The summed E-state index contributed by atoms with van der Waals surface area (Å²) in [6.07, 6.45) is 18.2. The topological polar surface area (TPSA) is 8.17 Å². The lowest BCUT2D eigenvalue weighted by Gasteiger charge is -2.28. The van der Waals surface area contributed by atoms with Crippen LogP contribution in [0.4, 0.5) is 11.4 Å². The third-order valence-corrected chi connectivity index (χ3v) is 13.2. The SMILES string of the molecule is C1=CC(c2ccc3c(c2)c2cc(-c4ccccc4)ccc2n3-c2ccc(N(C3=CCCC=C3)c3cccc(-c4c5ccccc5c(-c5ccccc5)c5ccccc45)c3)cc2)=CCC1. The van der Waals surface area contributed by atoms with Gasteiger partial charge in [-0.3, -0.25) is 0 Å². The van der Waals surface area contributed by atoms with Gasteiger partial charge in [-0.2, -0.15) is 0 Å². The highest BCUT2D eigenvalue weighted by atomic mass is 15.1. The highest BCUT2D eigenvalue weighted by Gasteiger charge is 2.21. The third-order valence-electron chi connectivity index (χ3n) is 13.2. The van der Waals surface area contributed by atoms with Gasteiger partial charge in [0.1, 0.15) is 0 Å². The van der Waals surface area contributed by atoms with Crippen LogP contribution in [0.2, 0.25) is 0 Å².